The Balaban J connectivity index is 2.16. The minimum Gasteiger partial charge on any atom is -0.324 e. The molecule has 1 fully saturated rings. The van der Waals surface area contributed by atoms with Crippen molar-refractivity contribution in [1.29, 1.82) is 0 Å². The number of likely N-dealkylation sites (tertiary alicyclic amines) is 1. The Hall–Kier alpha value is -0.0400. The molecule has 0 atom stereocenters. The summed E-state index contributed by atoms with van der Waals surface area (Å²) in [5, 5.41) is 0. The minimum atomic E-state index is 1.37. The highest BCUT2D eigenvalue weighted by molar-refractivity contribution is 4.54. The Labute approximate surface area is 83.7 Å². The van der Waals surface area contributed by atoms with Crippen molar-refractivity contribution < 1.29 is 4.48 Å². The van der Waals surface area contributed by atoms with Gasteiger partial charge in [0.15, 0.2) is 0 Å². The van der Waals surface area contributed by atoms with Gasteiger partial charge in [-0.1, -0.05) is 19.8 Å². The molecule has 13 heavy (non-hydrogen) atoms. The van der Waals surface area contributed by atoms with Gasteiger partial charge < -0.3 is 4.48 Å². The number of unbranched alkanes of at least 4 members (excludes halogenated alkanes) is 3. The molecule has 0 saturated carbocycles. The summed E-state index contributed by atoms with van der Waals surface area (Å²) in [5.41, 5.74) is 0. The van der Waals surface area contributed by atoms with E-state index in [-0.39, 0.29) is 0 Å². The predicted molar refractivity (Wildman–Crippen MR) is 58.8 cm³/mol. The molecule has 1 nitrogen and oxygen atoms in total. The molecular weight excluding hydrogens is 158 g/mol. The van der Waals surface area contributed by atoms with Gasteiger partial charge in [-0.3, -0.25) is 0 Å². The Morgan fingerprint density at radius 1 is 0.923 bits per heavy atom. The van der Waals surface area contributed by atoms with E-state index in [9.17, 15) is 0 Å². The van der Waals surface area contributed by atoms with Crippen LogP contribution in [0.2, 0.25) is 0 Å². The summed E-state index contributed by atoms with van der Waals surface area (Å²) in [6, 6.07) is 0. The molecule has 0 aromatic carbocycles. The summed E-state index contributed by atoms with van der Waals surface area (Å²) in [6.45, 7) is 10.4. The molecule has 1 heterocycles. The van der Waals surface area contributed by atoms with E-state index in [0.29, 0.717) is 0 Å². The van der Waals surface area contributed by atoms with Crippen molar-refractivity contribution in [3.05, 3.63) is 0 Å². The summed E-state index contributed by atoms with van der Waals surface area (Å²) in [5.74, 6) is 0. The third-order valence-corrected chi connectivity index (χ3v) is 3.67. The molecule has 0 aromatic rings. The van der Waals surface area contributed by atoms with E-state index >= 15 is 0 Å². The van der Waals surface area contributed by atoms with Crippen molar-refractivity contribution in [2.24, 2.45) is 0 Å². The van der Waals surface area contributed by atoms with Gasteiger partial charge in [-0.05, 0) is 19.8 Å². The highest BCUT2D eigenvalue weighted by Gasteiger charge is 2.28. The van der Waals surface area contributed by atoms with Crippen LogP contribution < -0.4 is 0 Å². The van der Waals surface area contributed by atoms with Crippen molar-refractivity contribution in [2.75, 3.05) is 26.2 Å². The number of hydrogen-bond donors (Lipinski definition) is 0. The van der Waals surface area contributed by atoms with Crippen LogP contribution in [0.1, 0.15) is 52.4 Å². The predicted octanol–water partition coefficient (Wildman–Crippen LogP) is 3.20. The van der Waals surface area contributed by atoms with E-state index in [0.717, 1.165) is 0 Å². The SMILES string of the molecule is CCCCCC[N+]1(CC)CCCC1. The van der Waals surface area contributed by atoms with Crippen molar-refractivity contribution in [3.63, 3.8) is 0 Å². The Morgan fingerprint density at radius 2 is 1.62 bits per heavy atom. The zero-order chi connectivity index (χ0) is 9.57. The lowest BCUT2D eigenvalue weighted by Crippen LogP contribution is -2.45. The van der Waals surface area contributed by atoms with Gasteiger partial charge >= 0.3 is 0 Å². The molecule has 1 aliphatic heterocycles. The Kier molecular flexibility index (Phi) is 4.79. The molecule has 1 aliphatic rings. The molecule has 1 saturated heterocycles. The van der Waals surface area contributed by atoms with Crippen molar-refractivity contribution >= 4 is 0 Å². The zero-order valence-electron chi connectivity index (χ0n) is 9.52. The monoisotopic (exact) mass is 184 g/mol. The fourth-order valence-corrected chi connectivity index (χ4v) is 2.58. The summed E-state index contributed by atoms with van der Waals surface area (Å²) in [4.78, 5) is 0. The van der Waals surface area contributed by atoms with E-state index in [4.69, 9.17) is 0 Å². The third-order valence-electron chi connectivity index (χ3n) is 3.67. The lowest BCUT2D eigenvalue weighted by molar-refractivity contribution is -0.915. The molecule has 0 N–H and O–H groups in total. The summed E-state index contributed by atoms with van der Waals surface area (Å²) < 4.78 is 1.43. The van der Waals surface area contributed by atoms with Crippen LogP contribution in [0.5, 0.6) is 0 Å². The van der Waals surface area contributed by atoms with Crippen LogP contribution in [0, 0.1) is 0 Å². The molecule has 1 heteroatoms. The van der Waals surface area contributed by atoms with Gasteiger partial charge in [0.2, 0.25) is 0 Å². The molecule has 0 amide bonds. The maximum atomic E-state index is 2.37. The van der Waals surface area contributed by atoms with Gasteiger partial charge in [0, 0.05) is 12.8 Å². The fourth-order valence-electron chi connectivity index (χ4n) is 2.58. The average molecular weight is 184 g/mol. The lowest BCUT2D eigenvalue weighted by Gasteiger charge is -2.33. The van der Waals surface area contributed by atoms with Crippen LogP contribution in [0.25, 0.3) is 0 Å². The summed E-state index contributed by atoms with van der Waals surface area (Å²) >= 11 is 0. The van der Waals surface area contributed by atoms with Gasteiger partial charge in [-0.2, -0.15) is 0 Å². The van der Waals surface area contributed by atoms with E-state index in [1.807, 2.05) is 0 Å². The van der Waals surface area contributed by atoms with E-state index in [2.05, 4.69) is 13.8 Å². The summed E-state index contributed by atoms with van der Waals surface area (Å²) in [7, 11) is 0. The number of nitrogens with zero attached hydrogens (tertiary/aromatic N) is 1. The molecule has 0 aromatic heterocycles. The molecule has 78 valence electrons. The molecule has 0 aliphatic carbocycles. The normalized spacial score (nSPS) is 20.8. The minimum absolute atomic E-state index is 1.37. The second-order valence-corrected chi connectivity index (χ2v) is 4.60. The largest absolute Gasteiger partial charge is 0.324 e. The van der Waals surface area contributed by atoms with Gasteiger partial charge in [-0.25, -0.2) is 0 Å². The topological polar surface area (TPSA) is 0 Å². The first kappa shape index (κ1) is 11.0. The second-order valence-electron chi connectivity index (χ2n) is 4.60. The van der Waals surface area contributed by atoms with Crippen molar-refractivity contribution in [3.8, 4) is 0 Å². The smallest absolute Gasteiger partial charge is 0.0788 e. The number of quaternary nitrogens is 1. The van der Waals surface area contributed by atoms with Crippen molar-refractivity contribution in [1.82, 2.24) is 0 Å². The number of hydrogen-bond acceptors (Lipinski definition) is 0. The quantitative estimate of drug-likeness (QED) is 0.439. The van der Waals surface area contributed by atoms with Crippen LogP contribution in [0.3, 0.4) is 0 Å². The van der Waals surface area contributed by atoms with Crippen LogP contribution in [0.4, 0.5) is 0 Å². The molecule has 0 unspecified atom stereocenters. The molecular formula is C12H26N+. The number of rotatable bonds is 6. The van der Waals surface area contributed by atoms with Gasteiger partial charge in [0.25, 0.3) is 0 Å². The molecule has 0 radical (unpaired) electrons. The maximum Gasteiger partial charge on any atom is 0.0788 e. The highest BCUT2D eigenvalue weighted by atomic mass is 15.4. The first-order valence-electron chi connectivity index (χ1n) is 6.18. The van der Waals surface area contributed by atoms with Crippen LogP contribution >= 0.6 is 0 Å². The first-order valence-corrected chi connectivity index (χ1v) is 6.18. The zero-order valence-corrected chi connectivity index (χ0v) is 9.52. The van der Waals surface area contributed by atoms with E-state index in [1.54, 1.807) is 0 Å². The molecule has 1 rings (SSSR count). The van der Waals surface area contributed by atoms with Gasteiger partial charge in [0.05, 0.1) is 26.2 Å². The first-order chi connectivity index (χ1) is 6.33. The van der Waals surface area contributed by atoms with E-state index in [1.165, 1.54) is 69.2 Å². The third kappa shape index (κ3) is 3.30. The van der Waals surface area contributed by atoms with Gasteiger partial charge in [0.1, 0.15) is 0 Å². The Morgan fingerprint density at radius 3 is 2.15 bits per heavy atom. The molecule has 0 spiro atoms. The second kappa shape index (κ2) is 5.64. The van der Waals surface area contributed by atoms with E-state index < -0.39 is 0 Å². The van der Waals surface area contributed by atoms with Crippen LogP contribution in [-0.2, 0) is 0 Å². The fraction of sp³-hybridized carbons (Fsp3) is 1.00. The average Bonchev–Trinajstić information content (AvgIpc) is 2.62. The standard InChI is InChI=1S/C12H26N/c1-3-5-6-7-10-13(4-2)11-8-9-12-13/h3-12H2,1-2H3/q+1. The van der Waals surface area contributed by atoms with Gasteiger partial charge in [-0.15, -0.1) is 0 Å². The van der Waals surface area contributed by atoms with Crippen LogP contribution in [0.15, 0.2) is 0 Å². The van der Waals surface area contributed by atoms with Crippen LogP contribution in [-0.4, -0.2) is 30.7 Å². The summed E-state index contributed by atoms with van der Waals surface area (Å²) in [6.07, 6.45) is 8.66. The van der Waals surface area contributed by atoms with Crippen molar-refractivity contribution in [2.45, 2.75) is 52.4 Å². The highest BCUT2D eigenvalue weighted by Crippen LogP contribution is 2.20. The Bertz CT molecular complexity index is 125. The lowest BCUT2D eigenvalue weighted by atomic mass is 10.2. The maximum absolute atomic E-state index is 2.37. The molecule has 0 bridgehead atoms.